The first kappa shape index (κ1) is 12.5. The Kier molecular flexibility index (Phi) is 4.11. The van der Waals surface area contributed by atoms with Crippen LogP contribution in [0.2, 0.25) is 0 Å². The summed E-state index contributed by atoms with van der Waals surface area (Å²) < 4.78 is 5.39. The SMILES string of the molecule is CCC(N)(CC)C(=O)NC1CCOC1C. The molecule has 1 rings (SSSR count). The number of carbonyl (C=O) groups excluding carboxylic acids is 1. The van der Waals surface area contributed by atoms with E-state index in [1.807, 2.05) is 20.8 Å². The number of nitrogens with one attached hydrogen (secondary N) is 1. The minimum absolute atomic E-state index is 0.0464. The summed E-state index contributed by atoms with van der Waals surface area (Å²) in [5.41, 5.74) is 5.29. The Morgan fingerprint density at radius 1 is 1.53 bits per heavy atom. The molecule has 0 radical (unpaired) electrons. The normalized spacial score (nSPS) is 26.7. The highest BCUT2D eigenvalue weighted by Gasteiger charge is 2.34. The number of ether oxygens (including phenoxy) is 1. The summed E-state index contributed by atoms with van der Waals surface area (Å²) in [5, 5.41) is 2.98. The Morgan fingerprint density at radius 2 is 2.13 bits per heavy atom. The van der Waals surface area contributed by atoms with Crippen LogP contribution in [0.4, 0.5) is 0 Å². The summed E-state index contributed by atoms with van der Waals surface area (Å²) >= 11 is 0. The molecule has 1 fully saturated rings. The van der Waals surface area contributed by atoms with Gasteiger partial charge in [-0.3, -0.25) is 4.79 Å². The predicted octanol–water partition coefficient (Wildman–Crippen LogP) is 0.797. The van der Waals surface area contributed by atoms with Crippen LogP contribution in [0.1, 0.15) is 40.0 Å². The first-order chi connectivity index (χ1) is 7.03. The van der Waals surface area contributed by atoms with Gasteiger partial charge in [0.25, 0.3) is 0 Å². The Hall–Kier alpha value is -0.610. The number of carbonyl (C=O) groups is 1. The molecule has 2 unspecified atom stereocenters. The van der Waals surface area contributed by atoms with Crippen LogP contribution in [0.25, 0.3) is 0 Å². The van der Waals surface area contributed by atoms with Gasteiger partial charge in [0.05, 0.1) is 17.7 Å². The van der Waals surface area contributed by atoms with Gasteiger partial charge >= 0.3 is 0 Å². The van der Waals surface area contributed by atoms with E-state index >= 15 is 0 Å². The Bertz CT molecular complexity index is 227. The maximum atomic E-state index is 11.9. The summed E-state index contributed by atoms with van der Waals surface area (Å²) in [6.07, 6.45) is 2.32. The lowest BCUT2D eigenvalue weighted by Gasteiger charge is -2.28. The Balaban J connectivity index is 2.54. The third-order valence-electron chi connectivity index (χ3n) is 3.41. The van der Waals surface area contributed by atoms with Crippen LogP contribution in [0, 0.1) is 0 Å². The van der Waals surface area contributed by atoms with Crippen LogP contribution in [-0.4, -0.2) is 30.2 Å². The van der Waals surface area contributed by atoms with E-state index in [1.54, 1.807) is 0 Å². The van der Waals surface area contributed by atoms with Crippen LogP contribution >= 0.6 is 0 Å². The van der Waals surface area contributed by atoms with E-state index in [4.69, 9.17) is 10.5 Å². The molecule has 1 heterocycles. The summed E-state index contributed by atoms with van der Waals surface area (Å²) in [4.78, 5) is 11.9. The first-order valence-corrected chi connectivity index (χ1v) is 5.75. The molecule has 0 aromatic carbocycles. The molecule has 88 valence electrons. The van der Waals surface area contributed by atoms with Gasteiger partial charge in [-0.05, 0) is 26.2 Å². The van der Waals surface area contributed by atoms with E-state index in [0.29, 0.717) is 12.8 Å². The molecule has 0 aliphatic carbocycles. The lowest BCUT2D eigenvalue weighted by Crippen LogP contribution is -2.56. The van der Waals surface area contributed by atoms with Gasteiger partial charge in [-0.2, -0.15) is 0 Å². The lowest BCUT2D eigenvalue weighted by atomic mass is 9.92. The van der Waals surface area contributed by atoms with Gasteiger partial charge in [0, 0.05) is 6.61 Å². The molecule has 3 N–H and O–H groups in total. The van der Waals surface area contributed by atoms with Crippen molar-refractivity contribution < 1.29 is 9.53 Å². The van der Waals surface area contributed by atoms with Gasteiger partial charge in [-0.15, -0.1) is 0 Å². The Labute approximate surface area is 91.5 Å². The second-order valence-corrected chi connectivity index (χ2v) is 4.31. The van der Waals surface area contributed by atoms with Crippen molar-refractivity contribution in [1.82, 2.24) is 5.32 Å². The number of nitrogens with two attached hydrogens (primary N) is 1. The van der Waals surface area contributed by atoms with Crippen molar-refractivity contribution in [2.75, 3.05) is 6.61 Å². The van der Waals surface area contributed by atoms with Crippen molar-refractivity contribution >= 4 is 5.91 Å². The van der Waals surface area contributed by atoms with Crippen LogP contribution in [0.5, 0.6) is 0 Å². The number of amides is 1. The molecule has 1 saturated heterocycles. The van der Waals surface area contributed by atoms with E-state index < -0.39 is 5.54 Å². The average molecular weight is 214 g/mol. The molecule has 0 spiro atoms. The third-order valence-corrected chi connectivity index (χ3v) is 3.41. The average Bonchev–Trinajstić information content (AvgIpc) is 2.63. The molecular weight excluding hydrogens is 192 g/mol. The quantitative estimate of drug-likeness (QED) is 0.727. The molecule has 0 bridgehead atoms. The van der Waals surface area contributed by atoms with E-state index in [1.165, 1.54) is 0 Å². The fourth-order valence-electron chi connectivity index (χ4n) is 1.80. The topological polar surface area (TPSA) is 64.4 Å². The standard InChI is InChI=1S/C11H22N2O2/c1-4-11(12,5-2)10(14)13-9-6-7-15-8(9)3/h8-9H,4-7,12H2,1-3H3,(H,13,14). The molecule has 4 heteroatoms. The number of hydrogen-bond donors (Lipinski definition) is 2. The van der Waals surface area contributed by atoms with Crippen molar-refractivity contribution in [2.45, 2.75) is 57.7 Å². The second kappa shape index (κ2) is 4.94. The predicted molar refractivity (Wildman–Crippen MR) is 59.5 cm³/mol. The zero-order chi connectivity index (χ0) is 11.5. The molecule has 0 aromatic heterocycles. The second-order valence-electron chi connectivity index (χ2n) is 4.31. The minimum Gasteiger partial charge on any atom is -0.376 e. The fourth-order valence-corrected chi connectivity index (χ4v) is 1.80. The molecule has 1 aliphatic heterocycles. The summed E-state index contributed by atoms with van der Waals surface area (Å²) in [6.45, 7) is 6.59. The van der Waals surface area contributed by atoms with Crippen molar-refractivity contribution in [3.8, 4) is 0 Å². The number of hydrogen-bond acceptors (Lipinski definition) is 3. The zero-order valence-electron chi connectivity index (χ0n) is 9.88. The molecule has 1 aliphatic rings. The van der Waals surface area contributed by atoms with E-state index in [-0.39, 0.29) is 18.1 Å². The number of rotatable bonds is 4. The van der Waals surface area contributed by atoms with Crippen LogP contribution < -0.4 is 11.1 Å². The minimum atomic E-state index is -0.720. The van der Waals surface area contributed by atoms with Crippen LogP contribution in [0.15, 0.2) is 0 Å². The lowest BCUT2D eigenvalue weighted by molar-refractivity contribution is -0.127. The third kappa shape index (κ3) is 2.69. The molecule has 1 amide bonds. The van der Waals surface area contributed by atoms with E-state index in [0.717, 1.165) is 13.0 Å². The van der Waals surface area contributed by atoms with Gasteiger partial charge in [0.1, 0.15) is 0 Å². The van der Waals surface area contributed by atoms with Gasteiger partial charge in [0.2, 0.25) is 5.91 Å². The zero-order valence-corrected chi connectivity index (χ0v) is 9.88. The Morgan fingerprint density at radius 3 is 2.53 bits per heavy atom. The van der Waals surface area contributed by atoms with E-state index in [2.05, 4.69) is 5.32 Å². The maximum absolute atomic E-state index is 11.9. The molecule has 2 atom stereocenters. The molecule has 0 aromatic rings. The van der Waals surface area contributed by atoms with Crippen molar-refractivity contribution in [2.24, 2.45) is 5.73 Å². The first-order valence-electron chi connectivity index (χ1n) is 5.75. The van der Waals surface area contributed by atoms with Gasteiger partial charge in [-0.25, -0.2) is 0 Å². The van der Waals surface area contributed by atoms with Crippen molar-refractivity contribution in [1.29, 1.82) is 0 Å². The largest absolute Gasteiger partial charge is 0.376 e. The highest BCUT2D eigenvalue weighted by Crippen LogP contribution is 2.16. The molecule has 15 heavy (non-hydrogen) atoms. The van der Waals surface area contributed by atoms with Gasteiger partial charge in [0.15, 0.2) is 0 Å². The molecule has 0 saturated carbocycles. The maximum Gasteiger partial charge on any atom is 0.240 e. The summed E-state index contributed by atoms with van der Waals surface area (Å²) in [6, 6.07) is 0.124. The molecule has 4 nitrogen and oxygen atoms in total. The highest BCUT2D eigenvalue weighted by molar-refractivity contribution is 5.86. The van der Waals surface area contributed by atoms with Crippen LogP contribution in [-0.2, 0) is 9.53 Å². The van der Waals surface area contributed by atoms with Crippen molar-refractivity contribution in [3.05, 3.63) is 0 Å². The van der Waals surface area contributed by atoms with Gasteiger partial charge in [-0.1, -0.05) is 13.8 Å². The molecular formula is C11H22N2O2. The summed E-state index contributed by atoms with van der Waals surface area (Å²) in [7, 11) is 0. The van der Waals surface area contributed by atoms with Crippen LogP contribution in [0.3, 0.4) is 0 Å². The smallest absolute Gasteiger partial charge is 0.240 e. The van der Waals surface area contributed by atoms with Crippen molar-refractivity contribution in [3.63, 3.8) is 0 Å². The fraction of sp³-hybridized carbons (Fsp3) is 0.909. The van der Waals surface area contributed by atoms with Gasteiger partial charge < -0.3 is 15.8 Å². The van der Waals surface area contributed by atoms with E-state index in [9.17, 15) is 4.79 Å². The summed E-state index contributed by atoms with van der Waals surface area (Å²) in [5.74, 6) is -0.0464. The highest BCUT2D eigenvalue weighted by atomic mass is 16.5. The monoisotopic (exact) mass is 214 g/mol.